The Morgan fingerprint density at radius 3 is 2.70 bits per heavy atom. The van der Waals surface area contributed by atoms with E-state index in [2.05, 4.69) is 25.6 Å². The quantitative estimate of drug-likeness (QED) is 0.854. The Hall–Kier alpha value is -0.470. The molecule has 0 aliphatic heterocycles. The minimum absolute atomic E-state index is 0.0579. The molecule has 4 nitrogen and oxygen atoms in total. The molecule has 0 fully saturated rings. The van der Waals surface area contributed by atoms with Gasteiger partial charge in [0.1, 0.15) is 9.90 Å². The molecule has 0 spiro atoms. The minimum Gasteiger partial charge on any atom is -0.248 e. The molecule has 108 valence electrons. The van der Waals surface area contributed by atoms with Crippen LogP contribution in [0.3, 0.4) is 0 Å². The van der Waals surface area contributed by atoms with Crippen LogP contribution >= 0.6 is 38.9 Å². The van der Waals surface area contributed by atoms with E-state index >= 15 is 0 Å². The van der Waals surface area contributed by atoms with E-state index < -0.39 is 16.1 Å². The Labute approximate surface area is 135 Å². The third kappa shape index (κ3) is 3.59. The third-order valence-electron chi connectivity index (χ3n) is 2.52. The van der Waals surface area contributed by atoms with Crippen molar-refractivity contribution in [2.75, 3.05) is 0 Å². The summed E-state index contributed by atoms with van der Waals surface area (Å²) in [6.45, 7) is 3.68. The van der Waals surface area contributed by atoms with Crippen molar-refractivity contribution in [1.82, 2.24) is 9.71 Å². The lowest BCUT2D eigenvalue weighted by molar-refractivity contribution is 0.566. The van der Waals surface area contributed by atoms with Crippen LogP contribution in [0.25, 0.3) is 0 Å². The number of aryl methyl sites for hydroxylation is 1. The number of benzene rings is 1. The number of rotatable bonds is 4. The van der Waals surface area contributed by atoms with E-state index in [0.717, 1.165) is 14.4 Å². The SMILES string of the molecule is Cc1cnc(C(C)NS(=O)(=O)c2ccc(Br)cc2Cl)s1. The first-order valence-corrected chi connectivity index (χ1v) is 9.16. The molecule has 1 unspecified atom stereocenters. The van der Waals surface area contributed by atoms with Gasteiger partial charge in [-0.25, -0.2) is 18.1 Å². The summed E-state index contributed by atoms with van der Waals surface area (Å²) >= 11 is 10.7. The molecule has 0 bridgehead atoms. The fourth-order valence-corrected chi connectivity index (χ4v) is 4.71. The molecule has 0 saturated carbocycles. The van der Waals surface area contributed by atoms with Gasteiger partial charge < -0.3 is 0 Å². The van der Waals surface area contributed by atoms with Gasteiger partial charge in [-0.15, -0.1) is 11.3 Å². The van der Waals surface area contributed by atoms with E-state index in [9.17, 15) is 8.42 Å². The fourth-order valence-electron chi connectivity index (χ4n) is 1.61. The van der Waals surface area contributed by atoms with Crippen LogP contribution in [0.1, 0.15) is 22.9 Å². The molecular formula is C12H12BrClN2O2S2. The van der Waals surface area contributed by atoms with Crippen molar-refractivity contribution in [3.05, 3.63) is 43.8 Å². The first kappa shape index (κ1) is 15.9. The molecular weight excluding hydrogens is 384 g/mol. The lowest BCUT2D eigenvalue weighted by Gasteiger charge is -2.13. The van der Waals surface area contributed by atoms with Crippen molar-refractivity contribution in [2.45, 2.75) is 24.8 Å². The zero-order valence-corrected chi connectivity index (χ0v) is 14.7. The number of sulfonamides is 1. The van der Waals surface area contributed by atoms with Gasteiger partial charge in [0.2, 0.25) is 10.0 Å². The van der Waals surface area contributed by atoms with E-state index in [-0.39, 0.29) is 9.92 Å². The number of aromatic nitrogens is 1. The molecule has 0 saturated heterocycles. The molecule has 1 aromatic carbocycles. The summed E-state index contributed by atoms with van der Waals surface area (Å²) in [6.07, 6.45) is 1.72. The molecule has 0 radical (unpaired) electrons. The minimum atomic E-state index is -3.68. The number of hydrogen-bond donors (Lipinski definition) is 1. The average Bonchev–Trinajstić information content (AvgIpc) is 2.74. The van der Waals surface area contributed by atoms with E-state index in [1.807, 2.05) is 6.92 Å². The van der Waals surface area contributed by atoms with Crippen LogP contribution in [-0.2, 0) is 10.0 Å². The van der Waals surface area contributed by atoms with E-state index in [1.54, 1.807) is 25.3 Å². The predicted octanol–water partition coefficient (Wildman–Crippen LogP) is 3.91. The van der Waals surface area contributed by atoms with Crippen LogP contribution in [0.4, 0.5) is 0 Å². The van der Waals surface area contributed by atoms with Crippen molar-refractivity contribution in [2.24, 2.45) is 0 Å². The van der Waals surface area contributed by atoms with Crippen LogP contribution < -0.4 is 4.72 Å². The van der Waals surface area contributed by atoms with Gasteiger partial charge in [0.05, 0.1) is 11.1 Å². The Morgan fingerprint density at radius 2 is 2.15 bits per heavy atom. The van der Waals surface area contributed by atoms with E-state index in [1.165, 1.54) is 17.4 Å². The summed E-state index contributed by atoms with van der Waals surface area (Å²) < 4.78 is 28.0. The van der Waals surface area contributed by atoms with Crippen LogP contribution in [0.15, 0.2) is 33.8 Å². The Morgan fingerprint density at radius 1 is 1.45 bits per heavy atom. The van der Waals surface area contributed by atoms with Gasteiger partial charge in [-0.2, -0.15) is 0 Å². The highest BCUT2D eigenvalue weighted by Crippen LogP contribution is 2.27. The predicted molar refractivity (Wildman–Crippen MR) is 84.7 cm³/mol. The number of thiazole rings is 1. The maximum absolute atomic E-state index is 12.3. The normalized spacial score (nSPS) is 13.4. The van der Waals surface area contributed by atoms with Crippen LogP contribution in [-0.4, -0.2) is 13.4 Å². The molecule has 1 atom stereocenters. The van der Waals surface area contributed by atoms with E-state index in [4.69, 9.17) is 11.6 Å². The Bertz CT molecular complexity index is 731. The molecule has 0 amide bonds. The summed E-state index contributed by atoms with van der Waals surface area (Å²) in [7, 11) is -3.68. The monoisotopic (exact) mass is 394 g/mol. The summed E-state index contributed by atoms with van der Waals surface area (Å²) in [6, 6.07) is 4.25. The highest BCUT2D eigenvalue weighted by molar-refractivity contribution is 9.10. The van der Waals surface area contributed by atoms with Crippen molar-refractivity contribution in [3.63, 3.8) is 0 Å². The molecule has 20 heavy (non-hydrogen) atoms. The highest BCUT2D eigenvalue weighted by atomic mass is 79.9. The van der Waals surface area contributed by atoms with Crippen molar-refractivity contribution >= 4 is 48.9 Å². The molecule has 8 heteroatoms. The van der Waals surface area contributed by atoms with Gasteiger partial charge in [0.15, 0.2) is 0 Å². The summed E-state index contributed by atoms with van der Waals surface area (Å²) in [5, 5.41) is 0.897. The Balaban J connectivity index is 2.27. The second-order valence-corrected chi connectivity index (χ2v) is 8.50. The second kappa shape index (κ2) is 6.11. The lowest BCUT2D eigenvalue weighted by atomic mass is 10.4. The second-order valence-electron chi connectivity index (χ2n) is 4.23. The molecule has 1 heterocycles. The highest BCUT2D eigenvalue weighted by Gasteiger charge is 2.22. The molecule has 2 rings (SSSR count). The maximum Gasteiger partial charge on any atom is 0.242 e. The molecule has 2 aromatic rings. The van der Waals surface area contributed by atoms with E-state index in [0.29, 0.717) is 0 Å². The van der Waals surface area contributed by atoms with Crippen LogP contribution in [0.2, 0.25) is 5.02 Å². The number of halogens is 2. The van der Waals surface area contributed by atoms with Crippen LogP contribution in [0.5, 0.6) is 0 Å². The first-order valence-electron chi connectivity index (χ1n) is 5.69. The molecule has 1 N–H and O–H groups in total. The van der Waals surface area contributed by atoms with Crippen molar-refractivity contribution in [1.29, 1.82) is 0 Å². The zero-order chi connectivity index (χ0) is 14.9. The van der Waals surface area contributed by atoms with Gasteiger partial charge in [-0.3, -0.25) is 0 Å². The number of hydrogen-bond acceptors (Lipinski definition) is 4. The molecule has 1 aromatic heterocycles. The number of nitrogens with one attached hydrogen (secondary N) is 1. The Kier molecular flexibility index (Phi) is 4.86. The van der Waals surface area contributed by atoms with Gasteiger partial charge in [-0.05, 0) is 32.0 Å². The average molecular weight is 396 g/mol. The summed E-state index contributed by atoms with van der Waals surface area (Å²) in [5.41, 5.74) is 0. The molecule has 0 aliphatic carbocycles. The zero-order valence-electron chi connectivity index (χ0n) is 10.7. The molecule has 0 aliphatic rings. The van der Waals surface area contributed by atoms with Crippen molar-refractivity contribution in [3.8, 4) is 0 Å². The van der Waals surface area contributed by atoms with Gasteiger partial charge in [0.25, 0.3) is 0 Å². The topological polar surface area (TPSA) is 59.1 Å². The van der Waals surface area contributed by atoms with Gasteiger partial charge in [0, 0.05) is 15.5 Å². The van der Waals surface area contributed by atoms with Gasteiger partial charge >= 0.3 is 0 Å². The first-order chi connectivity index (χ1) is 9.29. The van der Waals surface area contributed by atoms with Gasteiger partial charge in [-0.1, -0.05) is 27.5 Å². The van der Waals surface area contributed by atoms with Crippen molar-refractivity contribution < 1.29 is 8.42 Å². The summed E-state index contributed by atoms with van der Waals surface area (Å²) in [4.78, 5) is 5.27. The largest absolute Gasteiger partial charge is 0.248 e. The van der Waals surface area contributed by atoms with Crippen LogP contribution in [0, 0.1) is 6.92 Å². The third-order valence-corrected chi connectivity index (χ3v) is 6.14. The summed E-state index contributed by atoms with van der Waals surface area (Å²) in [5.74, 6) is 0. The lowest BCUT2D eigenvalue weighted by Crippen LogP contribution is -2.27. The fraction of sp³-hybridized carbons (Fsp3) is 0.250. The number of nitrogens with zero attached hydrogens (tertiary/aromatic N) is 1. The standard InChI is InChI=1S/C12H12BrClN2O2S2/c1-7-6-15-12(19-7)8(2)16-20(17,18)11-4-3-9(13)5-10(11)14/h3-6,8,16H,1-2H3. The maximum atomic E-state index is 12.3. The smallest absolute Gasteiger partial charge is 0.242 e.